The van der Waals surface area contributed by atoms with Crippen LogP contribution in [0.1, 0.15) is 12.7 Å². The van der Waals surface area contributed by atoms with Crippen molar-refractivity contribution in [3.63, 3.8) is 0 Å². The van der Waals surface area contributed by atoms with Crippen LogP contribution in [0.15, 0.2) is 51.5 Å². The van der Waals surface area contributed by atoms with Gasteiger partial charge < -0.3 is 4.42 Å². The second kappa shape index (κ2) is 6.77. The van der Waals surface area contributed by atoms with Gasteiger partial charge in [0.1, 0.15) is 21.6 Å². The quantitative estimate of drug-likeness (QED) is 0.703. The van der Waals surface area contributed by atoms with Crippen LogP contribution in [0.3, 0.4) is 0 Å². The first-order valence-electron chi connectivity index (χ1n) is 6.67. The third-order valence-electron chi connectivity index (χ3n) is 2.88. The van der Waals surface area contributed by atoms with Crippen LogP contribution in [0, 0.1) is 0 Å². The second-order valence-corrected chi connectivity index (χ2v) is 7.35. The molecule has 2 heterocycles. The molecule has 0 bridgehead atoms. The average Bonchev–Trinajstić information content (AvgIpc) is 3.08. The van der Waals surface area contributed by atoms with Crippen molar-refractivity contribution in [1.82, 2.24) is 0 Å². The van der Waals surface area contributed by atoms with E-state index in [1.54, 1.807) is 17.8 Å². The number of furan rings is 1. The number of benzene rings is 1. The molecule has 112 valence electrons. The van der Waals surface area contributed by atoms with E-state index in [9.17, 15) is 4.79 Å². The van der Waals surface area contributed by atoms with Crippen molar-refractivity contribution in [3.8, 4) is 11.3 Å². The fraction of sp³-hybridized carbons (Fsp3) is 0.125. The first-order chi connectivity index (χ1) is 10.7. The molecule has 0 saturated carbocycles. The lowest BCUT2D eigenvalue weighted by molar-refractivity contribution is -0.107. The minimum absolute atomic E-state index is 0.0448. The van der Waals surface area contributed by atoms with Crippen molar-refractivity contribution >= 4 is 50.7 Å². The van der Waals surface area contributed by atoms with Gasteiger partial charge in [0.15, 0.2) is 0 Å². The highest BCUT2D eigenvalue weighted by Gasteiger charge is 2.22. The Hall–Kier alpha value is -1.43. The summed E-state index contributed by atoms with van der Waals surface area (Å²) < 4.78 is 6.55. The zero-order valence-electron chi connectivity index (χ0n) is 11.7. The lowest BCUT2D eigenvalue weighted by atomic mass is 10.2. The summed E-state index contributed by atoms with van der Waals surface area (Å²) in [6, 6.07) is 11.1. The molecule has 1 aliphatic rings. The Bertz CT molecular complexity index is 780. The van der Waals surface area contributed by atoms with E-state index in [1.807, 2.05) is 43.3 Å². The number of hydrogen-bond donors (Lipinski definition) is 0. The average molecular weight is 350 g/mol. The van der Waals surface area contributed by atoms with E-state index in [4.69, 9.17) is 16.0 Å². The molecule has 1 aromatic carbocycles. The molecule has 0 aliphatic carbocycles. The summed E-state index contributed by atoms with van der Waals surface area (Å²) in [5.41, 5.74) is 1.32. The van der Waals surface area contributed by atoms with E-state index < -0.39 is 0 Å². The van der Waals surface area contributed by atoms with E-state index in [-0.39, 0.29) is 5.12 Å². The van der Waals surface area contributed by atoms with Gasteiger partial charge in [-0.2, -0.15) is 0 Å². The van der Waals surface area contributed by atoms with Gasteiger partial charge in [-0.3, -0.25) is 4.79 Å². The summed E-state index contributed by atoms with van der Waals surface area (Å²) in [6.07, 6.45) is 1.67. The van der Waals surface area contributed by atoms with Crippen molar-refractivity contribution < 1.29 is 9.21 Å². The number of hydrogen-bond acceptors (Lipinski definition) is 5. The topological polar surface area (TPSA) is 42.6 Å². The first kappa shape index (κ1) is 15.5. The van der Waals surface area contributed by atoms with Gasteiger partial charge in [-0.15, -0.1) is 0 Å². The number of thioether (sulfide) groups is 2. The van der Waals surface area contributed by atoms with Crippen molar-refractivity contribution in [1.29, 1.82) is 0 Å². The smallest absolute Gasteiger partial charge is 0.244 e. The molecule has 3 rings (SSSR count). The SMILES string of the molecule is CCSC1=N/C(=C/c2ccc(-c3cccc(Cl)c3)o2)C(=O)S1. The highest BCUT2D eigenvalue weighted by molar-refractivity contribution is 8.45. The molecule has 2 aromatic rings. The molecule has 0 amide bonds. The predicted octanol–water partition coefficient (Wildman–Crippen LogP) is 5.32. The normalized spacial score (nSPS) is 16.4. The number of carbonyl (C=O) groups is 1. The molecular weight excluding hydrogens is 338 g/mol. The molecular formula is C16H12ClNO2S2. The third-order valence-corrected chi connectivity index (χ3v) is 5.01. The first-order valence-corrected chi connectivity index (χ1v) is 8.85. The van der Waals surface area contributed by atoms with Gasteiger partial charge in [-0.1, -0.05) is 42.4 Å². The van der Waals surface area contributed by atoms with E-state index in [2.05, 4.69) is 4.99 Å². The predicted molar refractivity (Wildman–Crippen MR) is 95.3 cm³/mol. The highest BCUT2D eigenvalue weighted by Crippen LogP contribution is 2.32. The van der Waals surface area contributed by atoms with Crippen LogP contribution in [-0.2, 0) is 4.79 Å². The summed E-state index contributed by atoms with van der Waals surface area (Å²) >= 11 is 8.72. The van der Waals surface area contributed by atoms with Crippen LogP contribution < -0.4 is 0 Å². The van der Waals surface area contributed by atoms with E-state index >= 15 is 0 Å². The van der Waals surface area contributed by atoms with Gasteiger partial charge in [0, 0.05) is 16.7 Å². The molecule has 1 aliphatic heterocycles. The maximum atomic E-state index is 11.9. The Labute approximate surface area is 141 Å². The minimum Gasteiger partial charge on any atom is -0.457 e. The molecule has 0 N–H and O–H groups in total. The Morgan fingerprint density at radius 3 is 3.00 bits per heavy atom. The largest absolute Gasteiger partial charge is 0.457 e. The van der Waals surface area contributed by atoms with E-state index in [1.165, 1.54) is 11.8 Å². The van der Waals surface area contributed by atoms with E-state index in [0.29, 0.717) is 22.2 Å². The molecule has 0 spiro atoms. The van der Waals surface area contributed by atoms with Crippen molar-refractivity contribution in [2.24, 2.45) is 4.99 Å². The van der Waals surface area contributed by atoms with Gasteiger partial charge in [0.05, 0.1) is 0 Å². The number of halogens is 1. The monoisotopic (exact) mass is 349 g/mol. The van der Waals surface area contributed by atoms with Crippen LogP contribution in [0.2, 0.25) is 5.02 Å². The molecule has 0 unspecified atom stereocenters. The third kappa shape index (κ3) is 3.48. The van der Waals surface area contributed by atoms with Gasteiger partial charge in [-0.05, 0) is 41.8 Å². The number of aliphatic imine (C=N–C) groups is 1. The fourth-order valence-corrected chi connectivity index (χ4v) is 3.87. The van der Waals surface area contributed by atoms with Crippen LogP contribution >= 0.6 is 35.1 Å². The van der Waals surface area contributed by atoms with E-state index in [0.717, 1.165) is 15.7 Å². The van der Waals surface area contributed by atoms with Crippen LogP contribution in [-0.4, -0.2) is 15.2 Å². The summed E-state index contributed by atoms with van der Waals surface area (Å²) in [5, 5.41) is 0.610. The molecule has 0 radical (unpaired) electrons. The molecule has 22 heavy (non-hydrogen) atoms. The van der Waals surface area contributed by atoms with Gasteiger partial charge in [0.2, 0.25) is 5.12 Å². The fourth-order valence-electron chi connectivity index (χ4n) is 1.94. The Morgan fingerprint density at radius 1 is 1.36 bits per heavy atom. The Morgan fingerprint density at radius 2 is 2.23 bits per heavy atom. The van der Waals surface area contributed by atoms with Crippen LogP contribution in [0.25, 0.3) is 17.4 Å². The number of rotatable bonds is 3. The zero-order chi connectivity index (χ0) is 15.5. The standard InChI is InChI=1S/C16H12ClNO2S2/c1-2-21-16-18-13(15(19)22-16)9-12-6-7-14(20-12)10-4-3-5-11(17)8-10/h3-9H,2H2,1H3/b13-9+. The lowest BCUT2D eigenvalue weighted by Gasteiger charge is -1.97. The molecule has 0 fully saturated rings. The summed E-state index contributed by atoms with van der Waals surface area (Å²) in [4.78, 5) is 16.2. The molecule has 1 aromatic heterocycles. The van der Waals surface area contributed by atoms with Gasteiger partial charge in [0.25, 0.3) is 0 Å². The van der Waals surface area contributed by atoms with Gasteiger partial charge in [-0.25, -0.2) is 4.99 Å². The molecule has 3 nitrogen and oxygen atoms in total. The number of nitrogens with zero attached hydrogens (tertiary/aromatic N) is 1. The van der Waals surface area contributed by atoms with Crippen molar-refractivity contribution in [3.05, 3.63) is 52.9 Å². The second-order valence-electron chi connectivity index (χ2n) is 4.44. The minimum atomic E-state index is -0.0448. The number of carbonyl (C=O) groups excluding carboxylic acids is 1. The van der Waals surface area contributed by atoms with Crippen molar-refractivity contribution in [2.75, 3.05) is 5.75 Å². The maximum Gasteiger partial charge on any atom is 0.244 e. The summed E-state index contributed by atoms with van der Waals surface area (Å²) in [7, 11) is 0. The van der Waals surface area contributed by atoms with Crippen molar-refractivity contribution in [2.45, 2.75) is 6.92 Å². The van der Waals surface area contributed by atoms with Gasteiger partial charge >= 0.3 is 0 Å². The lowest BCUT2D eigenvalue weighted by Crippen LogP contribution is -1.87. The van der Waals surface area contributed by atoms with Crippen LogP contribution in [0.4, 0.5) is 0 Å². The summed E-state index contributed by atoms with van der Waals surface area (Å²) in [6.45, 7) is 2.03. The maximum absolute atomic E-state index is 11.9. The summed E-state index contributed by atoms with van der Waals surface area (Å²) in [5.74, 6) is 2.21. The highest BCUT2D eigenvalue weighted by atomic mass is 35.5. The zero-order valence-corrected chi connectivity index (χ0v) is 14.1. The Kier molecular flexibility index (Phi) is 4.76. The molecule has 0 atom stereocenters. The molecule has 6 heteroatoms. The molecule has 0 saturated heterocycles. The Balaban J connectivity index is 1.85. The van der Waals surface area contributed by atoms with Crippen LogP contribution in [0.5, 0.6) is 0 Å².